The Balaban J connectivity index is 1.90. The van der Waals surface area contributed by atoms with Gasteiger partial charge in [-0.3, -0.25) is 10.1 Å². The summed E-state index contributed by atoms with van der Waals surface area (Å²) >= 11 is 5.19. The first-order chi connectivity index (χ1) is 14.0. The van der Waals surface area contributed by atoms with Crippen LogP contribution in [0, 0.1) is 0 Å². The highest BCUT2D eigenvalue weighted by molar-refractivity contribution is 7.80. The molecule has 29 heavy (non-hydrogen) atoms. The van der Waals surface area contributed by atoms with Gasteiger partial charge in [0.25, 0.3) is 5.91 Å². The third kappa shape index (κ3) is 6.46. The normalized spacial score (nSPS) is 10.0. The van der Waals surface area contributed by atoms with Crippen LogP contribution in [0.3, 0.4) is 0 Å². The summed E-state index contributed by atoms with van der Waals surface area (Å²) in [5.74, 6) is 0.485. The summed E-state index contributed by atoms with van der Waals surface area (Å²) in [6, 6.07) is 11.7. The molecule has 2 aromatic carbocycles. The Morgan fingerprint density at radius 2 is 1.69 bits per heavy atom. The van der Waals surface area contributed by atoms with Gasteiger partial charge in [-0.05, 0) is 60.6 Å². The summed E-state index contributed by atoms with van der Waals surface area (Å²) < 4.78 is 15.6. The van der Waals surface area contributed by atoms with Crippen LogP contribution in [-0.2, 0) is 11.3 Å². The predicted octanol–water partition coefficient (Wildman–Crippen LogP) is 3.08. The van der Waals surface area contributed by atoms with Gasteiger partial charge in [0.05, 0.1) is 26.4 Å². The number of hydrogen-bond acceptors (Lipinski definition) is 6. The molecule has 0 radical (unpaired) electrons. The lowest BCUT2D eigenvalue weighted by Gasteiger charge is -2.13. The predicted molar refractivity (Wildman–Crippen MR) is 113 cm³/mol. The maximum atomic E-state index is 12.3. The molecule has 2 rings (SSSR count). The van der Waals surface area contributed by atoms with Gasteiger partial charge < -0.3 is 19.5 Å². The fourth-order valence-corrected chi connectivity index (χ4v) is 2.60. The molecule has 0 fully saturated rings. The van der Waals surface area contributed by atoms with Crippen LogP contribution in [0.4, 0.5) is 0 Å². The number of carbonyl (C=O) groups excluding carboxylic acids is 2. The summed E-state index contributed by atoms with van der Waals surface area (Å²) in [5.41, 5.74) is 1.66. The number of nitrogens with one attached hydrogen (secondary N) is 2. The summed E-state index contributed by atoms with van der Waals surface area (Å²) in [5, 5.41) is 5.78. The minimum Gasteiger partial charge on any atom is -0.493 e. The second kappa shape index (κ2) is 11.0. The molecule has 0 saturated carbocycles. The van der Waals surface area contributed by atoms with Crippen LogP contribution in [0.1, 0.15) is 39.6 Å². The van der Waals surface area contributed by atoms with Crippen LogP contribution >= 0.6 is 12.2 Å². The number of amides is 1. The van der Waals surface area contributed by atoms with Crippen molar-refractivity contribution in [1.29, 1.82) is 0 Å². The van der Waals surface area contributed by atoms with Crippen LogP contribution in [0.5, 0.6) is 11.5 Å². The summed E-state index contributed by atoms with van der Waals surface area (Å²) in [6.45, 7) is 3.06. The van der Waals surface area contributed by atoms with Gasteiger partial charge >= 0.3 is 5.97 Å². The van der Waals surface area contributed by atoms with Crippen molar-refractivity contribution in [3.8, 4) is 11.5 Å². The highest BCUT2D eigenvalue weighted by Crippen LogP contribution is 2.28. The molecule has 0 aliphatic heterocycles. The Kier molecular flexibility index (Phi) is 8.42. The van der Waals surface area contributed by atoms with E-state index < -0.39 is 5.97 Å². The van der Waals surface area contributed by atoms with Crippen molar-refractivity contribution in [1.82, 2.24) is 10.6 Å². The standard InChI is InChI=1S/C21H24N2O5S/c1-4-11-28-17-10-5-14(12-18(17)26-2)13-22-21(29)23-19(24)15-6-8-16(9-7-15)20(25)27-3/h5-10,12H,4,11,13H2,1-3H3,(H2,22,23,24,29). The molecule has 2 N–H and O–H groups in total. The number of hydrogen-bond donors (Lipinski definition) is 2. The number of carbonyl (C=O) groups is 2. The second-order valence-electron chi connectivity index (χ2n) is 6.04. The first-order valence-corrected chi connectivity index (χ1v) is 9.46. The highest BCUT2D eigenvalue weighted by Gasteiger charge is 2.11. The zero-order valence-electron chi connectivity index (χ0n) is 16.6. The van der Waals surface area contributed by atoms with Gasteiger partial charge in [0.15, 0.2) is 16.6 Å². The van der Waals surface area contributed by atoms with E-state index >= 15 is 0 Å². The van der Waals surface area contributed by atoms with Gasteiger partial charge in [0.1, 0.15) is 0 Å². The number of esters is 1. The fraction of sp³-hybridized carbons (Fsp3) is 0.286. The zero-order chi connectivity index (χ0) is 21.2. The van der Waals surface area contributed by atoms with Crippen molar-refractivity contribution in [2.45, 2.75) is 19.9 Å². The highest BCUT2D eigenvalue weighted by atomic mass is 32.1. The van der Waals surface area contributed by atoms with Crippen molar-refractivity contribution in [2.75, 3.05) is 20.8 Å². The Morgan fingerprint density at radius 3 is 2.31 bits per heavy atom. The SMILES string of the molecule is CCCOc1ccc(CNC(=S)NC(=O)c2ccc(C(=O)OC)cc2)cc1OC. The first-order valence-electron chi connectivity index (χ1n) is 9.05. The number of ether oxygens (including phenoxy) is 3. The van der Waals surface area contributed by atoms with Crippen LogP contribution < -0.4 is 20.1 Å². The number of methoxy groups -OCH3 is 2. The Bertz CT molecular complexity index is 868. The molecule has 0 atom stereocenters. The molecule has 154 valence electrons. The minimum atomic E-state index is -0.462. The van der Waals surface area contributed by atoms with E-state index in [-0.39, 0.29) is 11.0 Å². The van der Waals surface area contributed by atoms with E-state index in [0.29, 0.717) is 35.8 Å². The Hall–Kier alpha value is -3.13. The lowest BCUT2D eigenvalue weighted by Crippen LogP contribution is -2.38. The third-order valence-electron chi connectivity index (χ3n) is 3.94. The molecule has 0 saturated heterocycles. The quantitative estimate of drug-likeness (QED) is 0.505. The lowest BCUT2D eigenvalue weighted by molar-refractivity contribution is 0.0600. The molecular weight excluding hydrogens is 392 g/mol. The number of benzene rings is 2. The minimum absolute atomic E-state index is 0.192. The van der Waals surface area contributed by atoms with Gasteiger partial charge in [-0.2, -0.15) is 0 Å². The monoisotopic (exact) mass is 416 g/mol. The van der Waals surface area contributed by atoms with Crippen molar-refractivity contribution in [3.63, 3.8) is 0 Å². The topological polar surface area (TPSA) is 85.9 Å². The van der Waals surface area contributed by atoms with E-state index in [1.54, 1.807) is 7.11 Å². The lowest BCUT2D eigenvalue weighted by atomic mass is 10.1. The molecule has 2 aromatic rings. The van der Waals surface area contributed by atoms with Crippen LogP contribution in [-0.4, -0.2) is 37.8 Å². The third-order valence-corrected chi connectivity index (χ3v) is 4.18. The smallest absolute Gasteiger partial charge is 0.337 e. The number of rotatable bonds is 8. The molecule has 0 aromatic heterocycles. The summed E-state index contributed by atoms with van der Waals surface area (Å²) in [6.07, 6.45) is 0.909. The molecule has 7 nitrogen and oxygen atoms in total. The first kappa shape index (κ1) is 22.2. The molecule has 8 heteroatoms. The van der Waals surface area contributed by atoms with Gasteiger partial charge in [0, 0.05) is 12.1 Å². The van der Waals surface area contributed by atoms with Gasteiger partial charge in [-0.1, -0.05) is 13.0 Å². The maximum Gasteiger partial charge on any atom is 0.337 e. The van der Waals surface area contributed by atoms with E-state index in [1.165, 1.54) is 31.4 Å². The molecular formula is C21H24N2O5S. The average Bonchev–Trinajstić information content (AvgIpc) is 2.75. The molecule has 0 spiro atoms. The maximum absolute atomic E-state index is 12.3. The molecule has 0 aliphatic rings. The Labute approximate surface area is 175 Å². The van der Waals surface area contributed by atoms with Crippen LogP contribution in [0.2, 0.25) is 0 Å². The van der Waals surface area contributed by atoms with Crippen molar-refractivity contribution in [3.05, 3.63) is 59.2 Å². The summed E-state index contributed by atoms with van der Waals surface area (Å²) in [4.78, 5) is 23.7. The molecule has 0 heterocycles. The van der Waals surface area contributed by atoms with E-state index in [2.05, 4.69) is 15.4 Å². The van der Waals surface area contributed by atoms with Crippen LogP contribution in [0.15, 0.2) is 42.5 Å². The van der Waals surface area contributed by atoms with Crippen molar-refractivity contribution < 1.29 is 23.8 Å². The van der Waals surface area contributed by atoms with E-state index in [4.69, 9.17) is 21.7 Å². The molecule has 1 amide bonds. The molecule has 0 unspecified atom stereocenters. The van der Waals surface area contributed by atoms with Crippen molar-refractivity contribution in [2.24, 2.45) is 0 Å². The summed E-state index contributed by atoms with van der Waals surface area (Å²) in [7, 11) is 2.89. The van der Waals surface area contributed by atoms with Crippen LogP contribution in [0.25, 0.3) is 0 Å². The van der Waals surface area contributed by atoms with Crippen molar-refractivity contribution >= 4 is 29.2 Å². The average molecular weight is 416 g/mol. The largest absolute Gasteiger partial charge is 0.493 e. The second-order valence-corrected chi connectivity index (χ2v) is 6.45. The zero-order valence-corrected chi connectivity index (χ0v) is 17.4. The fourth-order valence-electron chi connectivity index (χ4n) is 2.43. The van der Waals surface area contributed by atoms with E-state index in [0.717, 1.165) is 12.0 Å². The van der Waals surface area contributed by atoms with Gasteiger partial charge in [-0.15, -0.1) is 0 Å². The van der Waals surface area contributed by atoms with Gasteiger partial charge in [-0.25, -0.2) is 4.79 Å². The molecule has 0 bridgehead atoms. The van der Waals surface area contributed by atoms with Gasteiger partial charge in [0.2, 0.25) is 0 Å². The van der Waals surface area contributed by atoms with E-state index in [9.17, 15) is 9.59 Å². The van der Waals surface area contributed by atoms with E-state index in [1.807, 2.05) is 25.1 Å². The number of thiocarbonyl (C=S) groups is 1. The Morgan fingerprint density at radius 1 is 1.00 bits per heavy atom. The molecule has 0 aliphatic carbocycles.